The Morgan fingerprint density at radius 3 is 2.56 bits per heavy atom. The van der Waals surface area contributed by atoms with Crippen molar-refractivity contribution in [2.24, 2.45) is 0 Å². The van der Waals surface area contributed by atoms with Crippen molar-refractivity contribution < 1.29 is 23.1 Å². The Kier molecular flexibility index (Phi) is 5.26. The predicted octanol–water partition coefficient (Wildman–Crippen LogP) is 0.455. The van der Waals surface area contributed by atoms with E-state index in [1.54, 1.807) is 18.2 Å². The molecular weight excluding hydrogens is 258 g/mol. The van der Waals surface area contributed by atoms with Crippen molar-refractivity contribution in [2.75, 3.05) is 13.2 Å². The van der Waals surface area contributed by atoms with Gasteiger partial charge in [0.25, 0.3) is 0 Å². The van der Waals surface area contributed by atoms with Crippen LogP contribution in [0.4, 0.5) is 0 Å². The van der Waals surface area contributed by atoms with Gasteiger partial charge in [-0.05, 0) is 19.1 Å². The van der Waals surface area contributed by atoms with E-state index in [0.717, 1.165) is 0 Å². The monoisotopic (exact) mass is 273 g/mol. The SMILES string of the molecule is CC(OCCNS(=O)(=O)c1ccccc1)C(=O)O. The molecule has 1 rings (SSSR count). The van der Waals surface area contributed by atoms with Crippen molar-refractivity contribution in [3.8, 4) is 0 Å². The lowest BCUT2D eigenvalue weighted by atomic mass is 10.4. The first-order chi connectivity index (χ1) is 8.43. The number of hydrogen-bond donors (Lipinski definition) is 2. The molecule has 1 aromatic carbocycles. The highest BCUT2D eigenvalue weighted by molar-refractivity contribution is 7.89. The van der Waals surface area contributed by atoms with Crippen molar-refractivity contribution in [1.82, 2.24) is 4.72 Å². The molecule has 1 aromatic rings. The van der Waals surface area contributed by atoms with Crippen molar-refractivity contribution in [2.45, 2.75) is 17.9 Å². The highest BCUT2D eigenvalue weighted by atomic mass is 32.2. The van der Waals surface area contributed by atoms with E-state index in [9.17, 15) is 13.2 Å². The summed E-state index contributed by atoms with van der Waals surface area (Å²) >= 11 is 0. The summed E-state index contributed by atoms with van der Waals surface area (Å²) in [4.78, 5) is 10.6. The molecule has 18 heavy (non-hydrogen) atoms. The number of carboxylic acids is 1. The molecular formula is C11H15NO5S. The molecule has 0 amide bonds. The minimum Gasteiger partial charge on any atom is -0.479 e. The fraction of sp³-hybridized carbons (Fsp3) is 0.364. The largest absolute Gasteiger partial charge is 0.479 e. The van der Waals surface area contributed by atoms with E-state index in [1.165, 1.54) is 19.1 Å². The summed E-state index contributed by atoms with van der Waals surface area (Å²) in [5.74, 6) is -1.08. The molecule has 1 unspecified atom stereocenters. The summed E-state index contributed by atoms with van der Waals surface area (Å²) in [6.45, 7) is 1.41. The van der Waals surface area contributed by atoms with Crippen LogP contribution in [0.25, 0.3) is 0 Å². The van der Waals surface area contributed by atoms with Crippen LogP contribution in [0.2, 0.25) is 0 Å². The number of carboxylic acid groups (broad SMARTS) is 1. The van der Waals surface area contributed by atoms with Crippen LogP contribution in [0.1, 0.15) is 6.92 Å². The van der Waals surface area contributed by atoms with E-state index >= 15 is 0 Å². The van der Waals surface area contributed by atoms with E-state index in [1.807, 2.05) is 0 Å². The molecule has 2 N–H and O–H groups in total. The van der Waals surface area contributed by atoms with E-state index < -0.39 is 22.1 Å². The van der Waals surface area contributed by atoms with Gasteiger partial charge < -0.3 is 9.84 Å². The van der Waals surface area contributed by atoms with E-state index in [0.29, 0.717) is 0 Å². The van der Waals surface area contributed by atoms with Gasteiger partial charge in [0, 0.05) is 6.54 Å². The summed E-state index contributed by atoms with van der Waals surface area (Å²) in [5.41, 5.74) is 0. The maximum absolute atomic E-state index is 11.7. The van der Waals surface area contributed by atoms with Gasteiger partial charge in [-0.1, -0.05) is 18.2 Å². The molecule has 0 aliphatic heterocycles. The zero-order chi connectivity index (χ0) is 13.6. The molecule has 0 aromatic heterocycles. The third kappa shape index (κ3) is 4.44. The Morgan fingerprint density at radius 2 is 2.00 bits per heavy atom. The fourth-order valence-electron chi connectivity index (χ4n) is 1.17. The summed E-state index contributed by atoms with van der Waals surface area (Å²) in [7, 11) is -3.56. The minimum absolute atomic E-state index is 0.000466. The third-order valence-corrected chi connectivity index (χ3v) is 3.64. The average Bonchev–Trinajstić information content (AvgIpc) is 2.35. The number of sulfonamides is 1. The van der Waals surface area contributed by atoms with E-state index in [2.05, 4.69) is 4.72 Å². The molecule has 6 nitrogen and oxygen atoms in total. The molecule has 0 aliphatic carbocycles. The quantitative estimate of drug-likeness (QED) is 0.704. The van der Waals surface area contributed by atoms with Crippen LogP contribution in [0.15, 0.2) is 35.2 Å². The van der Waals surface area contributed by atoms with Crippen LogP contribution in [0.3, 0.4) is 0 Å². The van der Waals surface area contributed by atoms with Gasteiger partial charge in [-0.25, -0.2) is 17.9 Å². The van der Waals surface area contributed by atoms with Gasteiger partial charge in [0.15, 0.2) is 6.10 Å². The van der Waals surface area contributed by atoms with Crippen molar-refractivity contribution in [1.29, 1.82) is 0 Å². The van der Waals surface area contributed by atoms with E-state index in [4.69, 9.17) is 9.84 Å². The lowest BCUT2D eigenvalue weighted by molar-refractivity contribution is -0.148. The average molecular weight is 273 g/mol. The van der Waals surface area contributed by atoms with Gasteiger partial charge in [-0.3, -0.25) is 0 Å². The lowest BCUT2D eigenvalue weighted by Crippen LogP contribution is -2.30. The number of benzene rings is 1. The van der Waals surface area contributed by atoms with Gasteiger partial charge >= 0.3 is 5.97 Å². The van der Waals surface area contributed by atoms with Crippen molar-refractivity contribution in [3.63, 3.8) is 0 Å². The number of nitrogens with one attached hydrogen (secondary N) is 1. The second kappa shape index (κ2) is 6.48. The molecule has 1 atom stereocenters. The Morgan fingerprint density at radius 1 is 1.39 bits per heavy atom. The summed E-state index contributed by atoms with van der Waals surface area (Å²) < 4.78 is 30.7. The fourth-order valence-corrected chi connectivity index (χ4v) is 2.20. The first-order valence-electron chi connectivity index (χ1n) is 5.32. The predicted molar refractivity (Wildman–Crippen MR) is 64.7 cm³/mol. The number of aliphatic carboxylic acids is 1. The minimum atomic E-state index is -3.56. The van der Waals surface area contributed by atoms with Gasteiger partial charge in [0.1, 0.15) is 0 Å². The first kappa shape index (κ1) is 14.6. The molecule has 0 saturated heterocycles. The van der Waals surface area contributed by atoms with Gasteiger partial charge in [0.2, 0.25) is 10.0 Å². The maximum atomic E-state index is 11.7. The number of rotatable bonds is 7. The summed E-state index contributed by atoms with van der Waals surface area (Å²) in [5, 5.41) is 8.56. The molecule has 0 bridgehead atoms. The highest BCUT2D eigenvalue weighted by Gasteiger charge is 2.14. The van der Waals surface area contributed by atoms with Gasteiger partial charge in [-0.15, -0.1) is 0 Å². The lowest BCUT2D eigenvalue weighted by Gasteiger charge is -2.09. The molecule has 0 aliphatic rings. The van der Waals surface area contributed by atoms with Crippen LogP contribution in [-0.4, -0.2) is 38.7 Å². The van der Waals surface area contributed by atoms with Crippen LogP contribution in [-0.2, 0) is 19.6 Å². The number of ether oxygens (including phenoxy) is 1. The Balaban J connectivity index is 2.42. The molecule has 0 fully saturated rings. The zero-order valence-electron chi connectivity index (χ0n) is 9.87. The standard InChI is InChI=1S/C11H15NO5S/c1-9(11(13)14)17-8-7-12-18(15,16)10-5-3-2-4-6-10/h2-6,9,12H,7-8H2,1H3,(H,13,14). The van der Waals surface area contributed by atoms with Crippen LogP contribution < -0.4 is 4.72 Å². The molecule has 0 saturated carbocycles. The third-order valence-electron chi connectivity index (χ3n) is 2.16. The zero-order valence-corrected chi connectivity index (χ0v) is 10.7. The molecule has 0 radical (unpaired) electrons. The maximum Gasteiger partial charge on any atom is 0.332 e. The first-order valence-corrected chi connectivity index (χ1v) is 6.81. The van der Waals surface area contributed by atoms with Crippen LogP contribution >= 0.6 is 0 Å². The number of carbonyl (C=O) groups is 1. The van der Waals surface area contributed by atoms with Gasteiger partial charge in [0.05, 0.1) is 11.5 Å². The number of hydrogen-bond acceptors (Lipinski definition) is 4. The van der Waals surface area contributed by atoms with Crippen molar-refractivity contribution >= 4 is 16.0 Å². The molecule has 0 spiro atoms. The topological polar surface area (TPSA) is 92.7 Å². The molecule has 100 valence electrons. The molecule has 7 heteroatoms. The summed E-state index contributed by atoms with van der Waals surface area (Å²) in [6.07, 6.45) is -0.953. The smallest absolute Gasteiger partial charge is 0.332 e. The Hall–Kier alpha value is -1.44. The van der Waals surface area contributed by atoms with Crippen LogP contribution in [0.5, 0.6) is 0 Å². The van der Waals surface area contributed by atoms with E-state index in [-0.39, 0.29) is 18.0 Å². The highest BCUT2D eigenvalue weighted by Crippen LogP contribution is 2.06. The Bertz CT molecular complexity index is 485. The Labute approximate surface area is 106 Å². The van der Waals surface area contributed by atoms with Crippen LogP contribution in [0, 0.1) is 0 Å². The second-order valence-corrected chi connectivity index (χ2v) is 5.33. The summed E-state index contributed by atoms with van der Waals surface area (Å²) in [6, 6.07) is 7.91. The van der Waals surface area contributed by atoms with Crippen molar-refractivity contribution in [3.05, 3.63) is 30.3 Å². The van der Waals surface area contributed by atoms with Gasteiger partial charge in [-0.2, -0.15) is 0 Å². The normalized spacial score (nSPS) is 13.2. The molecule has 0 heterocycles. The second-order valence-electron chi connectivity index (χ2n) is 3.56.